The molecule has 2 fully saturated rings. The van der Waals surface area contributed by atoms with Crippen molar-refractivity contribution in [2.45, 2.75) is 63.9 Å². The molecule has 0 aromatic heterocycles. The van der Waals surface area contributed by atoms with Gasteiger partial charge in [0, 0.05) is 25.4 Å². The number of fused-ring (bicyclic) bond motifs is 4. The molecule has 114 valence electrons. The van der Waals surface area contributed by atoms with Crippen LogP contribution in [0, 0.1) is 5.92 Å². The number of Topliss-reactive ketones (excluding diaryl/α,β-unsaturated/α-hetero) is 1. The predicted octanol–water partition coefficient (Wildman–Crippen LogP) is 1.42. The summed E-state index contributed by atoms with van der Waals surface area (Å²) in [6.45, 7) is 4.65. The molecule has 4 rings (SSSR count). The molecule has 0 unspecified atom stereocenters. The first-order valence-corrected chi connectivity index (χ1v) is 7.95. The molecule has 4 heterocycles. The van der Waals surface area contributed by atoms with Crippen LogP contribution in [-0.2, 0) is 19.1 Å². The standard InChI is InChI=1S/C16H21NO4/c1-8-7-11(18)14-9(2)21-12-5-6-17-10(3-4-13(17)19)15(12)16(14)20-8/h8-10,12,15H,3-7H2,1-2H3/t8-,9-,10-,12+,15-/m1/s1. The van der Waals surface area contributed by atoms with Crippen molar-refractivity contribution >= 4 is 11.7 Å². The molecule has 4 aliphatic rings. The summed E-state index contributed by atoms with van der Waals surface area (Å²) in [5.74, 6) is 1.25. The highest BCUT2D eigenvalue weighted by Crippen LogP contribution is 2.45. The zero-order chi connectivity index (χ0) is 14.7. The minimum Gasteiger partial charge on any atom is -0.494 e. The van der Waals surface area contributed by atoms with E-state index in [9.17, 15) is 9.59 Å². The first-order chi connectivity index (χ1) is 10.1. The summed E-state index contributed by atoms with van der Waals surface area (Å²) >= 11 is 0. The van der Waals surface area contributed by atoms with Crippen molar-refractivity contribution in [2.24, 2.45) is 5.92 Å². The van der Waals surface area contributed by atoms with E-state index < -0.39 is 0 Å². The Morgan fingerprint density at radius 3 is 2.81 bits per heavy atom. The van der Waals surface area contributed by atoms with Crippen LogP contribution < -0.4 is 0 Å². The van der Waals surface area contributed by atoms with Crippen LogP contribution in [0.25, 0.3) is 0 Å². The van der Waals surface area contributed by atoms with Crippen LogP contribution in [0.2, 0.25) is 0 Å². The Balaban J connectivity index is 1.77. The van der Waals surface area contributed by atoms with Crippen molar-refractivity contribution in [1.29, 1.82) is 0 Å². The molecule has 21 heavy (non-hydrogen) atoms. The van der Waals surface area contributed by atoms with Gasteiger partial charge < -0.3 is 14.4 Å². The van der Waals surface area contributed by atoms with E-state index in [1.54, 1.807) is 0 Å². The van der Waals surface area contributed by atoms with E-state index in [1.807, 2.05) is 18.7 Å². The molecule has 2 saturated heterocycles. The summed E-state index contributed by atoms with van der Waals surface area (Å²) in [5.41, 5.74) is 0.718. The molecule has 5 nitrogen and oxygen atoms in total. The highest BCUT2D eigenvalue weighted by Gasteiger charge is 2.52. The zero-order valence-electron chi connectivity index (χ0n) is 12.5. The molecule has 5 atom stereocenters. The summed E-state index contributed by atoms with van der Waals surface area (Å²) in [6, 6.07) is 0.145. The molecule has 0 aromatic carbocycles. The van der Waals surface area contributed by atoms with E-state index >= 15 is 0 Å². The molecule has 0 aliphatic carbocycles. The first kappa shape index (κ1) is 13.3. The third-order valence-electron chi connectivity index (χ3n) is 5.30. The second-order valence-corrected chi connectivity index (χ2v) is 6.66. The van der Waals surface area contributed by atoms with Crippen molar-refractivity contribution in [3.63, 3.8) is 0 Å². The second kappa shape index (κ2) is 4.57. The Morgan fingerprint density at radius 1 is 1.19 bits per heavy atom. The van der Waals surface area contributed by atoms with Crippen molar-refractivity contribution in [2.75, 3.05) is 6.54 Å². The monoisotopic (exact) mass is 291 g/mol. The largest absolute Gasteiger partial charge is 0.494 e. The lowest BCUT2D eigenvalue weighted by molar-refractivity contribution is -0.143. The van der Waals surface area contributed by atoms with Crippen LogP contribution in [0.15, 0.2) is 11.3 Å². The van der Waals surface area contributed by atoms with Crippen molar-refractivity contribution in [3.8, 4) is 0 Å². The van der Waals surface area contributed by atoms with E-state index in [0.717, 1.165) is 30.7 Å². The molecule has 1 amide bonds. The average Bonchev–Trinajstić information content (AvgIpc) is 2.79. The highest BCUT2D eigenvalue weighted by atomic mass is 16.5. The van der Waals surface area contributed by atoms with Crippen LogP contribution >= 0.6 is 0 Å². The topological polar surface area (TPSA) is 55.8 Å². The SMILES string of the molecule is C[C@@H]1CC(=O)C2=C(O1)[C@H]1[C@H](CCN3C(=O)CC[C@H]13)O[C@@H]2C. The van der Waals surface area contributed by atoms with Crippen LogP contribution in [0.4, 0.5) is 0 Å². The Kier molecular flexibility index (Phi) is 2.89. The van der Waals surface area contributed by atoms with Gasteiger partial charge >= 0.3 is 0 Å². The molecule has 5 heteroatoms. The molecule has 0 bridgehead atoms. The van der Waals surface area contributed by atoms with Crippen molar-refractivity contribution < 1.29 is 19.1 Å². The van der Waals surface area contributed by atoms with Gasteiger partial charge in [0.1, 0.15) is 11.9 Å². The Hall–Kier alpha value is -1.36. The number of nitrogens with zero attached hydrogens (tertiary/aromatic N) is 1. The molecule has 0 spiro atoms. The molecule has 0 N–H and O–H groups in total. The Morgan fingerprint density at radius 2 is 2.00 bits per heavy atom. The van der Waals surface area contributed by atoms with E-state index in [0.29, 0.717) is 12.8 Å². The number of amides is 1. The fraction of sp³-hybridized carbons (Fsp3) is 0.750. The van der Waals surface area contributed by atoms with Gasteiger partial charge in [-0.2, -0.15) is 0 Å². The van der Waals surface area contributed by atoms with Gasteiger partial charge in [-0.15, -0.1) is 0 Å². The number of carbonyl (C=O) groups is 2. The number of ketones is 1. The Bertz CT molecular complexity index is 540. The number of carbonyl (C=O) groups excluding carboxylic acids is 2. The molecular formula is C16H21NO4. The maximum absolute atomic E-state index is 12.4. The quantitative estimate of drug-likeness (QED) is 0.677. The molecule has 0 aromatic rings. The average molecular weight is 291 g/mol. The third-order valence-corrected chi connectivity index (χ3v) is 5.30. The van der Waals surface area contributed by atoms with Gasteiger partial charge in [0.2, 0.25) is 5.91 Å². The smallest absolute Gasteiger partial charge is 0.222 e. The van der Waals surface area contributed by atoms with E-state index in [4.69, 9.17) is 9.47 Å². The van der Waals surface area contributed by atoms with Gasteiger partial charge in [-0.25, -0.2) is 0 Å². The van der Waals surface area contributed by atoms with Gasteiger partial charge in [-0.1, -0.05) is 0 Å². The summed E-state index contributed by atoms with van der Waals surface area (Å²) in [7, 11) is 0. The van der Waals surface area contributed by atoms with Crippen LogP contribution in [0.1, 0.15) is 39.5 Å². The summed E-state index contributed by atoms with van der Waals surface area (Å²) in [5, 5.41) is 0. The number of hydrogen-bond donors (Lipinski definition) is 0. The maximum atomic E-state index is 12.4. The molecular weight excluding hydrogens is 270 g/mol. The van der Waals surface area contributed by atoms with Gasteiger partial charge in [-0.3, -0.25) is 9.59 Å². The number of piperidine rings is 1. The summed E-state index contributed by atoms with van der Waals surface area (Å²) < 4.78 is 12.2. The van der Waals surface area contributed by atoms with Crippen molar-refractivity contribution in [1.82, 2.24) is 4.90 Å². The number of ether oxygens (including phenoxy) is 2. The minimum absolute atomic E-state index is 0.0445. The van der Waals surface area contributed by atoms with Gasteiger partial charge in [0.15, 0.2) is 5.78 Å². The lowest BCUT2D eigenvalue weighted by Gasteiger charge is -2.48. The number of rotatable bonds is 0. The molecule has 4 aliphatic heterocycles. The van der Waals surface area contributed by atoms with E-state index in [2.05, 4.69) is 0 Å². The van der Waals surface area contributed by atoms with Crippen LogP contribution in [0.3, 0.4) is 0 Å². The highest BCUT2D eigenvalue weighted by molar-refractivity contribution is 5.98. The number of hydrogen-bond acceptors (Lipinski definition) is 4. The molecule has 0 saturated carbocycles. The normalized spacial score (nSPS) is 42.4. The Labute approximate surface area is 124 Å². The van der Waals surface area contributed by atoms with Crippen LogP contribution in [0.5, 0.6) is 0 Å². The zero-order valence-corrected chi connectivity index (χ0v) is 12.5. The second-order valence-electron chi connectivity index (χ2n) is 6.66. The minimum atomic E-state index is -0.190. The third kappa shape index (κ3) is 1.86. The maximum Gasteiger partial charge on any atom is 0.222 e. The lowest BCUT2D eigenvalue weighted by atomic mass is 9.78. The fourth-order valence-electron chi connectivity index (χ4n) is 4.46. The molecule has 0 radical (unpaired) electrons. The predicted molar refractivity (Wildman–Crippen MR) is 74.4 cm³/mol. The summed E-state index contributed by atoms with van der Waals surface area (Å²) in [4.78, 5) is 26.3. The summed E-state index contributed by atoms with van der Waals surface area (Å²) in [6.07, 6.45) is 2.52. The van der Waals surface area contributed by atoms with E-state index in [1.165, 1.54) is 0 Å². The van der Waals surface area contributed by atoms with E-state index in [-0.39, 0.29) is 42.0 Å². The van der Waals surface area contributed by atoms with Gasteiger partial charge in [0.05, 0.1) is 23.7 Å². The van der Waals surface area contributed by atoms with Gasteiger partial charge in [0.25, 0.3) is 0 Å². The fourth-order valence-corrected chi connectivity index (χ4v) is 4.46. The first-order valence-electron chi connectivity index (χ1n) is 7.95. The lowest BCUT2D eigenvalue weighted by Crippen LogP contribution is -2.55. The van der Waals surface area contributed by atoms with Crippen LogP contribution in [-0.4, -0.2) is 47.5 Å². The van der Waals surface area contributed by atoms with Crippen molar-refractivity contribution in [3.05, 3.63) is 11.3 Å². The van der Waals surface area contributed by atoms with Gasteiger partial charge in [-0.05, 0) is 26.7 Å².